The van der Waals surface area contributed by atoms with Crippen molar-refractivity contribution in [1.29, 1.82) is 0 Å². The van der Waals surface area contributed by atoms with E-state index < -0.39 is 5.97 Å². The molecule has 0 bridgehead atoms. The summed E-state index contributed by atoms with van der Waals surface area (Å²) >= 11 is 0. The second kappa shape index (κ2) is 6.33. The Morgan fingerprint density at radius 1 is 1.29 bits per heavy atom. The van der Waals surface area contributed by atoms with Gasteiger partial charge in [0, 0.05) is 32.2 Å². The van der Waals surface area contributed by atoms with Gasteiger partial charge in [0.05, 0.1) is 19.6 Å². The Labute approximate surface area is 102 Å². The molecule has 0 amide bonds. The average Bonchev–Trinajstić information content (AvgIpc) is 2.75. The van der Waals surface area contributed by atoms with Crippen LogP contribution >= 0.6 is 0 Å². The highest BCUT2D eigenvalue weighted by atomic mass is 16.5. The van der Waals surface area contributed by atoms with Gasteiger partial charge in [0.1, 0.15) is 0 Å². The Morgan fingerprint density at radius 3 is 2.76 bits per heavy atom. The van der Waals surface area contributed by atoms with E-state index in [1.807, 2.05) is 0 Å². The van der Waals surface area contributed by atoms with Gasteiger partial charge in [-0.2, -0.15) is 0 Å². The Bertz CT molecular complexity index is 254. The summed E-state index contributed by atoms with van der Waals surface area (Å²) in [5, 5.41) is 8.73. The van der Waals surface area contributed by atoms with Gasteiger partial charge in [-0.1, -0.05) is 0 Å². The summed E-state index contributed by atoms with van der Waals surface area (Å²) in [4.78, 5) is 15.4. The molecule has 0 saturated carbocycles. The van der Waals surface area contributed by atoms with E-state index in [2.05, 4.69) is 9.80 Å². The Kier molecular flexibility index (Phi) is 4.76. The van der Waals surface area contributed by atoms with Crippen molar-refractivity contribution in [2.45, 2.75) is 25.3 Å². The number of rotatable bonds is 5. The number of morpholine rings is 1. The fourth-order valence-corrected chi connectivity index (χ4v) is 2.72. The number of likely N-dealkylation sites (tertiary alicyclic amines) is 1. The van der Waals surface area contributed by atoms with Gasteiger partial charge in [0.15, 0.2) is 0 Å². The van der Waals surface area contributed by atoms with E-state index in [-0.39, 0.29) is 6.42 Å². The number of hydrogen-bond donors (Lipinski definition) is 1. The second-order valence-electron chi connectivity index (χ2n) is 4.89. The lowest BCUT2D eigenvalue weighted by atomic mass is 10.2. The van der Waals surface area contributed by atoms with Crippen molar-refractivity contribution < 1.29 is 14.6 Å². The molecule has 2 heterocycles. The average molecular weight is 242 g/mol. The summed E-state index contributed by atoms with van der Waals surface area (Å²) in [7, 11) is 0. The molecular formula is C12H22N2O3. The standard InChI is InChI=1S/C12H22N2O3/c15-12(16)3-5-14-4-1-2-11(14)10-13-6-8-17-9-7-13/h11H,1-10H2,(H,15,16). The quantitative estimate of drug-likeness (QED) is 0.749. The smallest absolute Gasteiger partial charge is 0.304 e. The molecule has 1 unspecified atom stereocenters. The van der Waals surface area contributed by atoms with E-state index in [0.717, 1.165) is 39.4 Å². The lowest BCUT2D eigenvalue weighted by Crippen LogP contribution is -2.45. The summed E-state index contributed by atoms with van der Waals surface area (Å²) in [5.41, 5.74) is 0. The molecule has 1 atom stereocenters. The van der Waals surface area contributed by atoms with Crippen LogP contribution in [0, 0.1) is 0 Å². The molecule has 1 N–H and O–H groups in total. The summed E-state index contributed by atoms with van der Waals surface area (Å²) in [5.74, 6) is -0.693. The van der Waals surface area contributed by atoms with E-state index in [4.69, 9.17) is 9.84 Å². The van der Waals surface area contributed by atoms with Crippen LogP contribution < -0.4 is 0 Å². The topological polar surface area (TPSA) is 53.0 Å². The molecular weight excluding hydrogens is 220 g/mol. The lowest BCUT2D eigenvalue weighted by molar-refractivity contribution is -0.137. The maximum absolute atomic E-state index is 10.6. The van der Waals surface area contributed by atoms with Gasteiger partial charge < -0.3 is 9.84 Å². The zero-order valence-electron chi connectivity index (χ0n) is 10.3. The molecule has 2 saturated heterocycles. The van der Waals surface area contributed by atoms with Crippen molar-refractivity contribution in [2.24, 2.45) is 0 Å². The number of carboxylic acid groups (broad SMARTS) is 1. The third-order valence-electron chi connectivity index (χ3n) is 3.68. The van der Waals surface area contributed by atoms with Crippen molar-refractivity contribution in [3.05, 3.63) is 0 Å². The van der Waals surface area contributed by atoms with E-state index in [0.29, 0.717) is 12.6 Å². The van der Waals surface area contributed by atoms with Crippen LogP contribution in [0.1, 0.15) is 19.3 Å². The van der Waals surface area contributed by atoms with Crippen LogP contribution in [0.2, 0.25) is 0 Å². The highest BCUT2D eigenvalue weighted by molar-refractivity contribution is 5.66. The maximum Gasteiger partial charge on any atom is 0.304 e. The lowest BCUT2D eigenvalue weighted by Gasteiger charge is -2.32. The summed E-state index contributed by atoms with van der Waals surface area (Å²) in [6, 6.07) is 0.549. The molecule has 98 valence electrons. The first-order valence-electron chi connectivity index (χ1n) is 6.51. The van der Waals surface area contributed by atoms with Crippen LogP contribution in [0.5, 0.6) is 0 Å². The van der Waals surface area contributed by atoms with E-state index in [9.17, 15) is 4.79 Å². The number of hydrogen-bond acceptors (Lipinski definition) is 4. The fraction of sp³-hybridized carbons (Fsp3) is 0.917. The van der Waals surface area contributed by atoms with E-state index in [1.54, 1.807) is 0 Å². The van der Waals surface area contributed by atoms with Gasteiger partial charge >= 0.3 is 5.97 Å². The first-order valence-corrected chi connectivity index (χ1v) is 6.51. The molecule has 0 aromatic heterocycles. The molecule has 0 spiro atoms. The van der Waals surface area contributed by atoms with Crippen LogP contribution in [0.15, 0.2) is 0 Å². The van der Waals surface area contributed by atoms with Gasteiger partial charge in [-0.15, -0.1) is 0 Å². The number of nitrogens with zero attached hydrogens (tertiary/aromatic N) is 2. The zero-order chi connectivity index (χ0) is 12.1. The normalized spacial score (nSPS) is 27.4. The van der Waals surface area contributed by atoms with Crippen LogP contribution in [-0.4, -0.2) is 72.9 Å². The first-order chi connectivity index (χ1) is 8.25. The highest BCUT2D eigenvalue weighted by Gasteiger charge is 2.27. The Hall–Kier alpha value is -0.650. The molecule has 5 heteroatoms. The molecule has 2 aliphatic rings. The number of aliphatic carboxylic acids is 1. The maximum atomic E-state index is 10.6. The molecule has 2 fully saturated rings. The Morgan fingerprint density at radius 2 is 2.06 bits per heavy atom. The number of carbonyl (C=O) groups is 1. The minimum atomic E-state index is -0.693. The van der Waals surface area contributed by atoms with Gasteiger partial charge in [-0.25, -0.2) is 0 Å². The molecule has 2 aliphatic heterocycles. The molecule has 5 nitrogen and oxygen atoms in total. The largest absolute Gasteiger partial charge is 0.481 e. The van der Waals surface area contributed by atoms with Gasteiger partial charge in [-0.05, 0) is 19.4 Å². The molecule has 2 rings (SSSR count). The van der Waals surface area contributed by atoms with Crippen molar-refractivity contribution in [2.75, 3.05) is 45.9 Å². The third kappa shape index (κ3) is 3.94. The summed E-state index contributed by atoms with van der Waals surface area (Å²) in [6.45, 7) is 6.53. The molecule has 0 aliphatic carbocycles. The number of carboxylic acids is 1. The van der Waals surface area contributed by atoms with Crippen LogP contribution in [0.4, 0.5) is 0 Å². The van der Waals surface area contributed by atoms with Crippen LogP contribution in [0.3, 0.4) is 0 Å². The van der Waals surface area contributed by atoms with Gasteiger partial charge in [-0.3, -0.25) is 14.6 Å². The highest BCUT2D eigenvalue weighted by Crippen LogP contribution is 2.18. The summed E-state index contributed by atoms with van der Waals surface area (Å²) < 4.78 is 5.34. The van der Waals surface area contributed by atoms with Crippen LogP contribution in [0.25, 0.3) is 0 Å². The molecule has 0 aromatic carbocycles. The minimum absolute atomic E-state index is 0.264. The third-order valence-corrected chi connectivity index (χ3v) is 3.68. The SMILES string of the molecule is O=C(O)CCN1CCCC1CN1CCOCC1. The van der Waals surface area contributed by atoms with Gasteiger partial charge in [0.2, 0.25) is 0 Å². The van der Waals surface area contributed by atoms with E-state index in [1.165, 1.54) is 12.8 Å². The number of ether oxygens (including phenoxy) is 1. The molecule has 0 aromatic rings. The summed E-state index contributed by atoms with van der Waals surface area (Å²) in [6.07, 6.45) is 2.67. The zero-order valence-corrected chi connectivity index (χ0v) is 10.3. The predicted octanol–water partition coefficient (Wildman–Crippen LogP) is 0.258. The second-order valence-corrected chi connectivity index (χ2v) is 4.89. The monoisotopic (exact) mass is 242 g/mol. The van der Waals surface area contributed by atoms with Crippen molar-refractivity contribution in [3.63, 3.8) is 0 Å². The van der Waals surface area contributed by atoms with Crippen molar-refractivity contribution >= 4 is 5.97 Å². The minimum Gasteiger partial charge on any atom is -0.481 e. The van der Waals surface area contributed by atoms with E-state index >= 15 is 0 Å². The molecule has 17 heavy (non-hydrogen) atoms. The van der Waals surface area contributed by atoms with Crippen molar-refractivity contribution in [3.8, 4) is 0 Å². The van der Waals surface area contributed by atoms with Crippen LogP contribution in [-0.2, 0) is 9.53 Å². The van der Waals surface area contributed by atoms with Gasteiger partial charge in [0.25, 0.3) is 0 Å². The molecule has 0 radical (unpaired) electrons. The first kappa shape index (κ1) is 12.8. The Balaban J connectivity index is 1.75. The fourth-order valence-electron chi connectivity index (χ4n) is 2.72. The predicted molar refractivity (Wildman–Crippen MR) is 64.1 cm³/mol. The van der Waals surface area contributed by atoms with Crippen molar-refractivity contribution in [1.82, 2.24) is 9.80 Å².